The zero-order valence-corrected chi connectivity index (χ0v) is 11.2. The Morgan fingerprint density at radius 2 is 1.95 bits per heavy atom. The van der Waals surface area contributed by atoms with E-state index in [-0.39, 0.29) is 0 Å². The van der Waals surface area contributed by atoms with E-state index in [0.29, 0.717) is 18.5 Å². The number of hydrogen-bond donors (Lipinski definition) is 0. The number of nitriles is 1. The highest BCUT2D eigenvalue weighted by Gasteiger charge is 2.36. The Kier molecular flexibility index (Phi) is 3.66. The second kappa shape index (κ2) is 5.23. The van der Waals surface area contributed by atoms with Crippen LogP contribution in [0.3, 0.4) is 0 Å². The van der Waals surface area contributed by atoms with Crippen molar-refractivity contribution in [2.75, 3.05) is 11.4 Å². The van der Waals surface area contributed by atoms with Gasteiger partial charge in [0.05, 0.1) is 17.3 Å². The largest absolute Gasteiger partial charge is 0.304 e. The molecule has 0 bridgehead atoms. The number of hydrogen-bond acceptors (Lipinski definition) is 3. The third-order valence-corrected chi connectivity index (χ3v) is 3.32. The van der Waals surface area contributed by atoms with Crippen molar-refractivity contribution >= 4 is 17.4 Å². The first kappa shape index (κ1) is 13.3. The highest BCUT2D eigenvalue weighted by atomic mass is 16.2. The zero-order chi connectivity index (χ0) is 14.0. The van der Waals surface area contributed by atoms with E-state index in [2.05, 4.69) is 6.07 Å². The molecule has 1 aliphatic heterocycles. The van der Waals surface area contributed by atoms with Crippen LogP contribution in [0.25, 0.3) is 0 Å². The van der Waals surface area contributed by atoms with Gasteiger partial charge in [0.25, 0.3) is 11.7 Å². The maximum Gasteiger partial charge on any atom is 0.299 e. The van der Waals surface area contributed by atoms with Crippen LogP contribution >= 0.6 is 0 Å². The van der Waals surface area contributed by atoms with Gasteiger partial charge in [-0.1, -0.05) is 6.07 Å². The fourth-order valence-corrected chi connectivity index (χ4v) is 2.52. The maximum atomic E-state index is 12.0. The van der Waals surface area contributed by atoms with Crippen LogP contribution < -0.4 is 4.90 Å². The summed E-state index contributed by atoms with van der Waals surface area (Å²) in [4.78, 5) is 25.5. The molecule has 4 nitrogen and oxygen atoms in total. The Labute approximate surface area is 112 Å². The van der Waals surface area contributed by atoms with Crippen molar-refractivity contribution in [2.24, 2.45) is 0 Å². The predicted octanol–water partition coefficient (Wildman–Crippen LogP) is 2.53. The summed E-state index contributed by atoms with van der Waals surface area (Å²) in [5.74, 6) is -0.859. The van der Waals surface area contributed by atoms with Gasteiger partial charge in [0.2, 0.25) is 0 Å². The summed E-state index contributed by atoms with van der Waals surface area (Å²) in [5, 5.41) is 8.50. The van der Waals surface area contributed by atoms with Crippen molar-refractivity contribution in [3.63, 3.8) is 0 Å². The first-order chi connectivity index (χ1) is 9.06. The van der Waals surface area contributed by atoms with Gasteiger partial charge in [-0.3, -0.25) is 9.59 Å². The van der Waals surface area contributed by atoms with Gasteiger partial charge in [-0.25, -0.2) is 0 Å². The smallest absolute Gasteiger partial charge is 0.299 e. The summed E-state index contributed by atoms with van der Waals surface area (Å²) in [6.45, 7) is 4.34. The van der Waals surface area contributed by atoms with E-state index in [1.54, 1.807) is 11.0 Å². The van der Waals surface area contributed by atoms with Gasteiger partial charge < -0.3 is 4.90 Å². The van der Waals surface area contributed by atoms with Crippen LogP contribution in [0, 0.1) is 25.2 Å². The molecule has 0 saturated heterocycles. The number of fused-ring (bicyclic) bond motifs is 1. The van der Waals surface area contributed by atoms with Crippen LogP contribution in [0.15, 0.2) is 12.1 Å². The van der Waals surface area contributed by atoms with Crippen LogP contribution in [0.2, 0.25) is 0 Å². The van der Waals surface area contributed by atoms with E-state index in [4.69, 9.17) is 5.26 Å². The van der Waals surface area contributed by atoms with Crippen molar-refractivity contribution in [1.82, 2.24) is 0 Å². The molecule has 0 atom stereocenters. The second-order valence-electron chi connectivity index (χ2n) is 4.88. The minimum absolute atomic E-state index is 0.415. The van der Waals surface area contributed by atoms with Gasteiger partial charge in [-0.05, 0) is 43.9 Å². The molecule has 2 rings (SSSR count). The van der Waals surface area contributed by atoms with Gasteiger partial charge in [0.1, 0.15) is 0 Å². The molecule has 0 spiro atoms. The summed E-state index contributed by atoms with van der Waals surface area (Å²) in [6.07, 6.45) is 1.96. The lowest BCUT2D eigenvalue weighted by atomic mass is 10.0. The number of anilines is 1. The molecule has 0 radical (unpaired) electrons. The molecule has 0 unspecified atom stereocenters. The number of unbranched alkanes of at least 4 members (excludes halogenated alkanes) is 2. The SMILES string of the molecule is Cc1cc(C)c2c(c1)C(=O)C(=O)N2CCCCC#N. The number of nitrogens with zero attached hydrogens (tertiary/aromatic N) is 2. The molecule has 0 aromatic heterocycles. The summed E-state index contributed by atoms with van der Waals surface area (Å²) in [6, 6.07) is 5.84. The molecule has 1 aliphatic rings. The summed E-state index contributed by atoms with van der Waals surface area (Å²) < 4.78 is 0. The van der Waals surface area contributed by atoms with Crippen LogP contribution in [-0.4, -0.2) is 18.2 Å². The average molecular weight is 256 g/mol. The maximum absolute atomic E-state index is 12.0. The lowest BCUT2D eigenvalue weighted by Gasteiger charge is -2.18. The Morgan fingerprint density at radius 1 is 1.21 bits per heavy atom. The molecule has 1 heterocycles. The standard InChI is InChI=1S/C15H16N2O2/c1-10-8-11(2)13-12(9-10)14(18)15(19)17(13)7-5-3-4-6-16/h8-9H,3-5,7H2,1-2H3. The molecule has 0 saturated carbocycles. The van der Waals surface area contributed by atoms with Crippen LogP contribution in [0.5, 0.6) is 0 Å². The lowest BCUT2D eigenvalue weighted by molar-refractivity contribution is -0.114. The molecule has 1 aromatic carbocycles. The lowest BCUT2D eigenvalue weighted by Crippen LogP contribution is -2.31. The predicted molar refractivity (Wildman–Crippen MR) is 72.1 cm³/mol. The molecule has 19 heavy (non-hydrogen) atoms. The molecule has 98 valence electrons. The van der Waals surface area contributed by atoms with Gasteiger partial charge in [-0.15, -0.1) is 0 Å². The van der Waals surface area contributed by atoms with Crippen molar-refractivity contribution in [1.29, 1.82) is 5.26 Å². The monoisotopic (exact) mass is 256 g/mol. The number of benzene rings is 1. The van der Waals surface area contributed by atoms with E-state index in [0.717, 1.165) is 29.7 Å². The van der Waals surface area contributed by atoms with Crippen molar-refractivity contribution < 1.29 is 9.59 Å². The van der Waals surface area contributed by atoms with Gasteiger partial charge in [0, 0.05) is 13.0 Å². The Balaban J connectivity index is 2.26. The number of amides is 1. The van der Waals surface area contributed by atoms with Crippen LogP contribution in [-0.2, 0) is 4.79 Å². The van der Waals surface area contributed by atoms with E-state index in [9.17, 15) is 9.59 Å². The van der Waals surface area contributed by atoms with E-state index in [1.807, 2.05) is 19.9 Å². The molecule has 0 fully saturated rings. The van der Waals surface area contributed by atoms with Crippen molar-refractivity contribution in [3.8, 4) is 6.07 Å². The fourth-order valence-electron chi connectivity index (χ4n) is 2.52. The van der Waals surface area contributed by atoms with E-state index >= 15 is 0 Å². The number of ketones is 1. The summed E-state index contributed by atoms with van der Waals surface area (Å²) in [7, 11) is 0. The topological polar surface area (TPSA) is 61.2 Å². The van der Waals surface area contributed by atoms with Gasteiger partial charge in [0.15, 0.2) is 0 Å². The highest BCUT2D eigenvalue weighted by molar-refractivity contribution is 6.52. The van der Waals surface area contributed by atoms with Gasteiger partial charge in [-0.2, -0.15) is 5.26 Å². The molecular weight excluding hydrogens is 240 g/mol. The Morgan fingerprint density at radius 3 is 2.63 bits per heavy atom. The summed E-state index contributed by atoms with van der Waals surface area (Å²) in [5.41, 5.74) is 3.21. The normalized spacial score (nSPS) is 13.6. The number of rotatable bonds is 4. The highest BCUT2D eigenvalue weighted by Crippen LogP contribution is 2.33. The van der Waals surface area contributed by atoms with E-state index < -0.39 is 11.7 Å². The summed E-state index contributed by atoms with van der Waals surface area (Å²) >= 11 is 0. The Hall–Kier alpha value is -2.15. The fraction of sp³-hybridized carbons (Fsp3) is 0.400. The molecule has 0 N–H and O–H groups in total. The molecule has 1 amide bonds. The number of carbonyl (C=O) groups excluding carboxylic acids is 2. The minimum Gasteiger partial charge on any atom is -0.304 e. The number of carbonyl (C=O) groups is 2. The second-order valence-corrected chi connectivity index (χ2v) is 4.88. The third-order valence-electron chi connectivity index (χ3n) is 3.32. The zero-order valence-electron chi connectivity index (χ0n) is 11.2. The number of aryl methyl sites for hydroxylation is 2. The minimum atomic E-state index is -0.444. The van der Waals surface area contributed by atoms with E-state index in [1.165, 1.54) is 0 Å². The first-order valence-electron chi connectivity index (χ1n) is 6.40. The van der Waals surface area contributed by atoms with Gasteiger partial charge >= 0.3 is 0 Å². The van der Waals surface area contributed by atoms with Crippen molar-refractivity contribution in [3.05, 3.63) is 28.8 Å². The molecule has 1 aromatic rings. The average Bonchev–Trinajstić information content (AvgIpc) is 2.60. The molecule has 0 aliphatic carbocycles. The van der Waals surface area contributed by atoms with Crippen LogP contribution in [0.1, 0.15) is 40.7 Å². The third kappa shape index (κ3) is 2.37. The van der Waals surface area contributed by atoms with Crippen molar-refractivity contribution in [2.45, 2.75) is 33.1 Å². The molecular formula is C15H16N2O2. The Bertz CT molecular complexity index is 585. The number of Topliss-reactive ketones (excluding diaryl/α,β-unsaturated/α-hetero) is 1. The molecule has 4 heteroatoms. The quantitative estimate of drug-likeness (QED) is 0.614. The first-order valence-corrected chi connectivity index (χ1v) is 6.40. The van der Waals surface area contributed by atoms with Crippen LogP contribution in [0.4, 0.5) is 5.69 Å².